The Kier molecular flexibility index (Phi) is 7.18. The van der Waals surface area contributed by atoms with Crippen molar-refractivity contribution in [2.24, 2.45) is 0 Å². The molecular weight excluding hydrogens is 487 g/mol. The van der Waals surface area contributed by atoms with E-state index in [1.807, 2.05) is 21.9 Å². The van der Waals surface area contributed by atoms with Crippen LogP contribution >= 0.6 is 0 Å². The number of aromatic nitrogens is 4. The van der Waals surface area contributed by atoms with Crippen LogP contribution in [0.15, 0.2) is 36.4 Å². The van der Waals surface area contributed by atoms with Crippen molar-refractivity contribution in [1.82, 2.24) is 29.6 Å². The number of nitrogens with zero attached hydrogens (tertiary/aromatic N) is 7. The van der Waals surface area contributed by atoms with Crippen molar-refractivity contribution in [3.8, 4) is 5.75 Å². The lowest BCUT2D eigenvalue weighted by Crippen LogP contribution is -2.48. The van der Waals surface area contributed by atoms with Gasteiger partial charge in [-0.15, -0.1) is 15.3 Å². The number of piperidine rings is 1. The third kappa shape index (κ3) is 5.79. The predicted octanol–water partition coefficient (Wildman–Crippen LogP) is 3.07. The Balaban J connectivity index is 1.10. The molecule has 0 bridgehead atoms. The molecule has 37 heavy (non-hydrogen) atoms. The summed E-state index contributed by atoms with van der Waals surface area (Å²) in [5.41, 5.74) is 1.30. The molecule has 2 fully saturated rings. The molecule has 0 N–H and O–H groups in total. The van der Waals surface area contributed by atoms with Gasteiger partial charge in [-0.3, -0.25) is 9.69 Å². The molecule has 2 saturated heterocycles. The van der Waals surface area contributed by atoms with Gasteiger partial charge in [0.2, 0.25) is 5.91 Å². The van der Waals surface area contributed by atoms with E-state index >= 15 is 0 Å². The van der Waals surface area contributed by atoms with Crippen LogP contribution in [0.3, 0.4) is 0 Å². The SMILES string of the molecule is CC(=O)N1CCN(CCOc2ccc(C3CCN(c4ccc5nnc(C(F)(F)F)n5n4)CC3)cc2)CC1. The summed E-state index contributed by atoms with van der Waals surface area (Å²) in [5.74, 6) is 0.703. The molecule has 2 aliphatic rings. The average molecular weight is 518 g/mol. The number of hydrogen-bond donors (Lipinski definition) is 0. The maximum absolute atomic E-state index is 13.2. The number of benzene rings is 1. The highest BCUT2D eigenvalue weighted by molar-refractivity contribution is 5.73. The fraction of sp³-hybridized carbons (Fsp3) is 0.520. The minimum Gasteiger partial charge on any atom is -0.492 e. The third-order valence-corrected chi connectivity index (χ3v) is 7.17. The fourth-order valence-electron chi connectivity index (χ4n) is 4.98. The van der Waals surface area contributed by atoms with Crippen molar-refractivity contribution in [3.05, 3.63) is 47.8 Å². The molecule has 1 aromatic carbocycles. The summed E-state index contributed by atoms with van der Waals surface area (Å²) in [6, 6.07) is 11.4. The summed E-state index contributed by atoms with van der Waals surface area (Å²) in [6.07, 6.45) is -2.86. The van der Waals surface area contributed by atoms with E-state index in [-0.39, 0.29) is 11.6 Å². The van der Waals surface area contributed by atoms with E-state index in [1.165, 1.54) is 11.6 Å². The monoisotopic (exact) mass is 517 g/mol. The second kappa shape index (κ2) is 10.5. The molecule has 0 aliphatic carbocycles. The van der Waals surface area contributed by atoms with Crippen LogP contribution in [0.1, 0.15) is 37.1 Å². The Morgan fingerprint density at radius 2 is 1.68 bits per heavy atom. The first-order chi connectivity index (χ1) is 17.8. The van der Waals surface area contributed by atoms with Crippen LogP contribution in [0.5, 0.6) is 5.75 Å². The number of fused-ring (bicyclic) bond motifs is 1. The van der Waals surface area contributed by atoms with Gasteiger partial charge in [-0.25, -0.2) is 0 Å². The second-order valence-electron chi connectivity index (χ2n) is 9.51. The fourth-order valence-corrected chi connectivity index (χ4v) is 4.98. The number of ether oxygens (including phenoxy) is 1. The zero-order valence-corrected chi connectivity index (χ0v) is 20.7. The number of hydrogen-bond acceptors (Lipinski definition) is 7. The van der Waals surface area contributed by atoms with Gasteiger partial charge in [0.1, 0.15) is 18.2 Å². The van der Waals surface area contributed by atoms with Crippen molar-refractivity contribution in [1.29, 1.82) is 0 Å². The Morgan fingerprint density at radius 3 is 2.32 bits per heavy atom. The average Bonchev–Trinajstić information content (AvgIpc) is 3.34. The largest absolute Gasteiger partial charge is 0.492 e. The van der Waals surface area contributed by atoms with E-state index in [9.17, 15) is 18.0 Å². The number of halogens is 3. The molecule has 3 aromatic rings. The van der Waals surface area contributed by atoms with Crippen LogP contribution in [0.4, 0.5) is 19.0 Å². The Bertz CT molecular complexity index is 1220. The minimum absolute atomic E-state index is 0.0730. The zero-order valence-electron chi connectivity index (χ0n) is 20.7. The summed E-state index contributed by atoms with van der Waals surface area (Å²) >= 11 is 0. The molecule has 5 rings (SSSR count). The molecule has 0 radical (unpaired) electrons. The zero-order chi connectivity index (χ0) is 26.0. The molecule has 1 amide bonds. The van der Waals surface area contributed by atoms with Crippen molar-refractivity contribution < 1.29 is 22.7 Å². The Morgan fingerprint density at radius 1 is 0.973 bits per heavy atom. The van der Waals surface area contributed by atoms with Crippen LogP contribution in [0, 0.1) is 0 Å². The molecule has 0 spiro atoms. The van der Waals surface area contributed by atoms with Gasteiger partial charge >= 0.3 is 6.18 Å². The van der Waals surface area contributed by atoms with Crippen molar-refractivity contribution in [2.75, 3.05) is 57.3 Å². The number of anilines is 1. The molecule has 4 heterocycles. The van der Waals surface area contributed by atoms with E-state index in [4.69, 9.17) is 4.74 Å². The maximum atomic E-state index is 13.2. The maximum Gasteiger partial charge on any atom is 0.453 e. The molecule has 2 aromatic heterocycles. The predicted molar refractivity (Wildman–Crippen MR) is 131 cm³/mol. The van der Waals surface area contributed by atoms with E-state index in [0.29, 0.717) is 31.4 Å². The highest BCUT2D eigenvalue weighted by atomic mass is 19.4. The lowest BCUT2D eigenvalue weighted by atomic mass is 9.89. The Labute approximate surface area is 212 Å². The molecule has 198 valence electrons. The van der Waals surface area contributed by atoms with Crippen LogP contribution < -0.4 is 9.64 Å². The van der Waals surface area contributed by atoms with Crippen LogP contribution in [-0.2, 0) is 11.0 Å². The first kappa shape index (κ1) is 25.2. The van der Waals surface area contributed by atoms with Gasteiger partial charge in [0.25, 0.3) is 5.82 Å². The summed E-state index contributed by atoms with van der Waals surface area (Å²) in [7, 11) is 0. The number of rotatable bonds is 6. The standard InChI is InChI=1S/C25H30F3N7O2/c1-18(36)33-14-12-32(13-15-33)16-17-37-21-4-2-19(3-5-21)20-8-10-34(11-9-20)23-7-6-22-29-30-24(25(26,27)28)35(22)31-23/h2-7,20H,8-17H2,1H3. The van der Waals surface area contributed by atoms with Gasteiger partial charge in [-0.05, 0) is 48.6 Å². The van der Waals surface area contributed by atoms with Gasteiger partial charge in [0, 0.05) is 52.7 Å². The first-order valence-electron chi connectivity index (χ1n) is 12.5. The van der Waals surface area contributed by atoms with Crippen molar-refractivity contribution in [3.63, 3.8) is 0 Å². The van der Waals surface area contributed by atoms with Gasteiger partial charge in [0.15, 0.2) is 5.65 Å². The highest BCUT2D eigenvalue weighted by Gasteiger charge is 2.38. The van der Waals surface area contributed by atoms with E-state index < -0.39 is 12.0 Å². The van der Waals surface area contributed by atoms with E-state index in [2.05, 4.69) is 32.3 Å². The number of alkyl halides is 3. The van der Waals surface area contributed by atoms with E-state index in [1.54, 1.807) is 13.0 Å². The lowest BCUT2D eigenvalue weighted by molar-refractivity contribution is -0.146. The number of piperazine rings is 1. The summed E-state index contributed by atoms with van der Waals surface area (Å²) in [6.45, 7) is 7.69. The lowest BCUT2D eigenvalue weighted by Gasteiger charge is -2.34. The molecular formula is C25H30F3N7O2. The summed E-state index contributed by atoms with van der Waals surface area (Å²) < 4.78 is 46.3. The van der Waals surface area contributed by atoms with Crippen LogP contribution in [-0.4, -0.2) is 87.9 Å². The Hall–Kier alpha value is -3.41. The second-order valence-corrected chi connectivity index (χ2v) is 9.51. The minimum atomic E-state index is -4.61. The van der Waals surface area contributed by atoms with Crippen LogP contribution in [0.25, 0.3) is 5.65 Å². The number of carbonyl (C=O) groups excluding carboxylic acids is 1. The quantitative estimate of drug-likeness (QED) is 0.497. The van der Waals surface area contributed by atoms with Gasteiger partial charge in [0.05, 0.1) is 0 Å². The van der Waals surface area contributed by atoms with Crippen molar-refractivity contribution in [2.45, 2.75) is 31.9 Å². The van der Waals surface area contributed by atoms with Crippen molar-refractivity contribution >= 4 is 17.4 Å². The third-order valence-electron chi connectivity index (χ3n) is 7.17. The molecule has 0 atom stereocenters. The van der Waals surface area contributed by atoms with Gasteiger partial charge in [-0.1, -0.05) is 12.1 Å². The molecule has 0 saturated carbocycles. The topological polar surface area (TPSA) is 79.1 Å². The smallest absolute Gasteiger partial charge is 0.453 e. The molecule has 9 nitrogen and oxygen atoms in total. The van der Waals surface area contributed by atoms with Gasteiger partial charge < -0.3 is 14.5 Å². The molecule has 0 unspecified atom stereocenters. The summed E-state index contributed by atoms with van der Waals surface area (Å²) in [5, 5.41) is 11.0. The first-order valence-corrected chi connectivity index (χ1v) is 12.5. The van der Waals surface area contributed by atoms with Gasteiger partial charge in [-0.2, -0.15) is 17.7 Å². The number of amides is 1. The van der Waals surface area contributed by atoms with E-state index in [0.717, 1.165) is 55.8 Å². The molecule has 12 heteroatoms. The van der Waals surface area contributed by atoms with Crippen LogP contribution in [0.2, 0.25) is 0 Å². The highest BCUT2D eigenvalue weighted by Crippen LogP contribution is 2.32. The normalized spacial score (nSPS) is 17.9. The summed E-state index contributed by atoms with van der Waals surface area (Å²) in [4.78, 5) is 17.6. The molecule has 2 aliphatic heterocycles. The number of carbonyl (C=O) groups is 1.